The van der Waals surface area contributed by atoms with Crippen LogP contribution in [-0.2, 0) is 16.4 Å². The molecule has 1 aliphatic heterocycles. The Labute approximate surface area is 185 Å². The van der Waals surface area contributed by atoms with Crippen molar-refractivity contribution in [2.75, 3.05) is 18.1 Å². The van der Waals surface area contributed by atoms with Crippen LogP contribution in [0.2, 0.25) is 15.1 Å². The molecule has 1 saturated heterocycles. The second kappa shape index (κ2) is 9.13. The van der Waals surface area contributed by atoms with E-state index >= 15 is 0 Å². The number of carbonyl (C=O) groups is 1. The smallest absolute Gasteiger partial charge is 0.254 e. The van der Waals surface area contributed by atoms with E-state index < -0.39 is 15.9 Å². The lowest BCUT2D eigenvalue weighted by Gasteiger charge is -2.29. The van der Waals surface area contributed by atoms with Gasteiger partial charge in [-0.25, -0.2) is 8.42 Å². The summed E-state index contributed by atoms with van der Waals surface area (Å²) >= 11 is 18.5. The molecular weight excluding hydrogens is 457 g/mol. The molecule has 0 radical (unpaired) electrons. The second-order valence-electron chi connectivity index (χ2n) is 6.82. The van der Waals surface area contributed by atoms with E-state index in [1.54, 1.807) is 24.0 Å². The number of rotatable bonds is 6. The van der Waals surface area contributed by atoms with Crippen LogP contribution >= 0.6 is 34.8 Å². The third-order valence-corrected chi connectivity index (χ3v) is 7.27. The molecule has 9 heteroatoms. The number of carbonyl (C=O) groups excluding carboxylic acids is 1. The Bertz CT molecular complexity index is 986. The number of ether oxygens (including phenoxy) is 1. The molecule has 0 unspecified atom stereocenters. The number of halogens is 3. The van der Waals surface area contributed by atoms with Gasteiger partial charge in [-0.15, -0.1) is 0 Å². The van der Waals surface area contributed by atoms with Gasteiger partial charge in [0.15, 0.2) is 15.6 Å². The molecule has 156 valence electrons. The topological polar surface area (TPSA) is 63.7 Å². The van der Waals surface area contributed by atoms with Crippen molar-refractivity contribution in [1.29, 1.82) is 0 Å². The number of nitrogens with zero attached hydrogens (tertiary/aromatic N) is 1. The van der Waals surface area contributed by atoms with E-state index in [2.05, 4.69) is 0 Å². The minimum atomic E-state index is -3.17. The Balaban J connectivity index is 1.94. The molecule has 1 aliphatic rings. The van der Waals surface area contributed by atoms with Crippen LogP contribution in [0, 0.1) is 0 Å². The Hall–Kier alpha value is -1.47. The molecule has 29 heavy (non-hydrogen) atoms. The quantitative estimate of drug-likeness (QED) is 0.596. The first-order chi connectivity index (χ1) is 13.7. The van der Waals surface area contributed by atoms with E-state index in [0.717, 1.165) is 5.56 Å². The molecule has 0 saturated carbocycles. The molecule has 0 spiro atoms. The highest BCUT2D eigenvalue weighted by molar-refractivity contribution is 7.91. The van der Waals surface area contributed by atoms with Gasteiger partial charge in [0.25, 0.3) is 5.91 Å². The summed E-state index contributed by atoms with van der Waals surface area (Å²) in [5.74, 6) is -0.0218. The summed E-state index contributed by atoms with van der Waals surface area (Å²) in [5, 5.41) is 1.04. The Morgan fingerprint density at radius 2 is 1.76 bits per heavy atom. The highest BCUT2D eigenvalue weighted by atomic mass is 35.5. The van der Waals surface area contributed by atoms with E-state index in [1.165, 1.54) is 12.1 Å². The van der Waals surface area contributed by atoms with Gasteiger partial charge in [-0.3, -0.25) is 4.79 Å². The van der Waals surface area contributed by atoms with Crippen LogP contribution in [0.5, 0.6) is 5.75 Å². The SMILES string of the molecule is CCOc1c(Cl)cc(C(=O)N(Cc2ccc(Cl)cc2)[C@H]2CCS(=O)(=O)C2)cc1Cl. The van der Waals surface area contributed by atoms with Crippen molar-refractivity contribution in [2.45, 2.75) is 25.9 Å². The maximum absolute atomic E-state index is 13.3. The predicted molar refractivity (Wildman–Crippen MR) is 116 cm³/mol. The molecule has 2 aromatic carbocycles. The molecule has 3 rings (SSSR count). The molecule has 1 fully saturated rings. The summed E-state index contributed by atoms with van der Waals surface area (Å²) in [6, 6.07) is 9.66. The average Bonchev–Trinajstić information content (AvgIpc) is 3.03. The van der Waals surface area contributed by atoms with E-state index in [0.29, 0.717) is 23.8 Å². The molecule has 0 aromatic heterocycles. The van der Waals surface area contributed by atoms with Crippen molar-refractivity contribution in [3.8, 4) is 5.75 Å². The van der Waals surface area contributed by atoms with Gasteiger partial charge in [-0.1, -0.05) is 46.9 Å². The van der Waals surface area contributed by atoms with Crippen LogP contribution in [0.3, 0.4) is 0 Å². The summed E-state index contributed by atoms with van der Waals surface area (Å²) in [6.45, 7) is 2.44. The molecule has 1 heterocycles. The van der Waals surface area contributed by atoms with Crippen molar-refractivity contribution in [2.24, 2.45) is 0 Å². The zero-order chi connectivity index (χ0) is 21.2. The number of amides is 1. The molecule has 1 atom stereocenters. The first kappa shape index (κ1) is 22.2. The van der Waals surface area contributed by atoms with Gasteiger partial charge in [0.05, 0.1) is 28.2 Å². The normalized spacial score (nSPS) is 17.9. The zero-order valence-electron chi connectivity index (χ0n) is 15.7. The number of hydrogen-bond acceptors (Lipinski definition) is 4. The fourth-order valence-electron chi connectivity index (χ4n) is 3.31. The fourth-order valence-corrected chi connectivity index (χ4v) is 5.76. The molecule has 1 amide bonds. The highest BCUT2D eigenvalue weighted by Gasteiger charge is 2.35. The van der Waals surface area contributed by atoms with Gasteiger partial charge in [-0.2, -0.15) is 0 Å². The van der Waals surface area contributed by atoms with Gasteiger partial charge >= 0.3 is 0 Å². The van der Waals surface area contributed by atoms with Crippen molar-refractivity contribution in [3.05, 3.63) is 62.6 Å². The molecule has 0 aliphatic carbocycles. The Kier molecular flexibility index (Phi) is 6.99. The van der Waals surface area contributed by atoms with Crippen molar-refractivity contribution < 1.29 is 17.9 Å². The minimum Gasteiger partial charge on any atom is -0.491 e. The summed E-state index contributed by atoms with van der Waals surface area (Å²) in [5.41, 5.74) is 1.12. The van der Waals surface area contributed by atoms with E-state index in [9.17, 15) is 13.2 Å². The molecule has 0 N–H and O–H groups in total. The summed E-state index contributed by atoms with van der Waals surface area (Å²) in [7, 11) is -3.17. The average molecular weight is 477 g/mol. The highest BCUT2D eigenvalue weighted by Crippen LogP contribution is 2.35. The van der Waals surface area contributed by atoms with Gasteiger partial charge in [-0.05, 0) is 43.2 Å². The van der Waals surface area contributed by atoms with Crippen molar-refractivity contribution in [3.63, 3.8) is 0 Å². The monoisotopic (exact) mass is 475 g/mol. The third kappa shape index (κ3) is 5.37. The van der Waals surface area contributed by atoms with Crippen LogP contribution in [0.25, 0.3) is 0 Å². The van der Waals surface area contributed by atoms with Crippen LogP contribution in [-0.4, -0.2) is 43.4 Å². The molecular formula is C20H20Cl3NO4S. The van der Waals surface area contributed by atoms with Crippen LogP contribution in [0.1, 0.15) is 29.3 Å². The molecule has 5 nitrogen and oxygen atoms in total. The van der Waals surface area contributed by atoms with Crippen molar-refractivity contribution in [1.82, 2.24) is 4.90 Å². The van der Waals surface area contributed by atoms with Crippen molar-refractivity contribution >= 4 is 50.5 Å². The van der Waals surface area contributed by atoms with Crippen LogP contribution in [0.15, 0.2) is 36.4 Å². The lowest BCUT2D eigenvalue weighted by atomic mass is 10.1. The van der Waals surface area contributed by atoms with Gasteiger partial charge in [0.1, 0.15) is 0 Å². The first-order valence-electron chi connectivity index (χ1n) is 9.08. The fraction of sp³-hybridized carbons (Fsp3) is 0.350. The first-order valence-corrected chi connectivity index (χ1v) is 12.0. The van der Waals surface area contributed by atoms with Crippen LogP contribution in [0.4, 0.5) is 0 Å². The second-order valence-corrected chi connectivity index (χ2v) is 10.3. The third-order valence-electron chi connectivity index (χ3n) is 4.71. The standard InChI is InChI=1S/C20H20Cl3NO4S/c1-2-28-19-17(22)9-14(10-18(19)23)20(25)24(16-7-8-29(26,27)12-16)11-13-3-5-15(21)6-4-13/h3-6,9-10,16H,2,7-8,11-12H2,1H3/t16-/m0/s1. The lowest BCUT2D eigenvalue weighted by molar-refractivity contribution is 0.0681. The van der Waals surface area contributed by atoms with Gasteiger partial charge in [0.2, 0.25) is 0 Å². The van der Waals surface area contributed by atoms with E-state index in [1.807, 2.05) is 12.1 Å². The van der Waals surface area contributed by atoms with Crippen LogP contribution < -0.4 is 4.74 Å². The maximum atomic E-state index is 13.3. The lowest BCUT2D eigenvalue weighted by Crippen LogP contribution is -2.40. The van der Waals surface area contributed by atoms with E-state index in [-0.39, 0.29) is 39.6 Å². The number of sulfone groups is 1. The molecule has 0 bridgehead atoms. The summed E-state index contributed by atoms with van der Waals surface area (Å²) < 4.78 is 29.4. The Morgan fingerprint density at radius 1 is 1.14 bits per heavy atom. The summed E-state index contributed by atoms with van der Waals surface area (Å²) in [6.07, 6.45) is 0.389. The number of benzene rings is 2. The summed E-state index contributed by atoms with van der Waals surface area (Å²) in [4.78, 5) is 14.9. The molecule has 2 aromatic rings. The largest absolute Gasteiger partial charge is 0.491 e. The Morgan fingerprint density at radius 3 is 2.28 bits per heavy atom. The van der Waals surface area contributed by atoms with E-state index in [4.69, 9.17) is 39.5 Å². The maximum Gasteiger partial charge on any atom is 0.254 e. The predicted octanol–water partition coefficient (Wildman–Crippen LogP) is 4.88. The van der Waals surface area contributed by atoms with Gasteiger partial charge < -0.3 is 9.64 Å². The minimum absolute atomic E-state index is 0.0624. The number of hydrogen-bond donors (Lipinski definition) is 0. The zero-order valence-corrected chi connectivity index (χ0v) is 18.8. The van der Waals surface area contributed by atoms with Gasteiger partial charge in [0, 0.05) is 23.2 Å².